The van der Waals surface area contributed by atoms with Gasteiger partial charge in [-0.2, -0.15) is 0 Å². The Labute approximate surface area is 114 Å². The van der Waals surface area contributed by atoms with E-state index in [-0.39, 0.29) is 16.8 Å². The second kappa shape index (κ2) is 5.79. The van der Waals surface area contributed by atoms with E-state index in [0.29, 0.717) is 18.7 Å². The maximum atomic E-state index is 11.5. The van der Waals surface area contributed by atoms with E-state index < -0.39 is 11.5 Å². The molecule has 0 bridgehead atoms. The lowest BCUT2D eigenvalue weighted by Crippen LogP contribution is -2.53. The molecule has 1 aliphatic carbocycles. The molecule has 0 aromatic carbocycles. The molecule has 1 saturated heterocycles. The molecule has 19 heavy (non-hydrogen) atoms. The SMILES string of the molecule is C[C@]12CNC[C@H]1C(CCC[B]O)C(N)(C(=O)O)C2.O. The second-order valence-corrected chi connectivity index (χ2v) is 6.13. The van der Waals surface area contributed by atoms with Gasteiger partial charge in [0.25, 0.3) is 7.48 Å². The number of carbonyl (C=O) groups is 1. The highest BCUT2D eigenvalue weighted by molar-refractivity contribution is 6.25. The quantitative estimate of drug-likeness (QED) is 0.376. The van der Waals surface area contributed by atoms with E-state index in [0.717, 1.165) is 33.4 Å². The van der Waals surface area contributed by atoms with Crippen molar-refractivity contribution in [3.05, 3.63) is 0 Å². The Morgan fingerprint density at radius 3 is 2.84 bits per heavy atom. The maximum Gasteiger partial charge on any atom is 0.323 e. The number of nitrogens with two attached hydrogens (primary N) is 1. The Balaban J connectivity index is 0.00000180. The van der Waals surface area contributed by atoms with Crippen LogP contribution >= 0.6 is 0 Å². The van der Waals surface area contributed by atoms with Gasteiger partial charge in [-0.3, -0.25) is 4.79 Å². The van der Waals surface area contributed by atoms with Gasteiger partial charge in [-0.1, -0.05) is 19.7 Å². The number of hydrogen-bond acceptors (Lipinski definition) is 4. The molecule has 2 aliphatic rings. The highest BCUT2D eigenvalue weighted by Gasteiger charge is 2.61. The summed E-state index contributed by atoms with van der Waals surface area (Å²) in [5.74, 6) is -0.552. The first-order valence-electron chi connectivity index (χ1n) is 6.63. The topological polar surface area (TPSA) is 127 Å². The Morgan fingerprint density at radius 1 is 1.58 bits per heavy atom. The van der Waals surface area contributed by atoms with Gasteiger partial charge in [-0.05, 0) is 36.6 Å². The van der Waals surface area contributed by atoms with E-state index in [1.54, 1.807) is 0 Å². The highest BCUT2D eigenvalue weighted by Crippen LogP contribution is 2.54. The molecular formula is C12H24BN2O4. The number of rotatable bonds is 5. The van der Waals surface area contributed by atoms with Crippen LogP contribution in [0.3, 0.4) is 0 Å². The number of fused-ring (bicyclic) bond motifs is 1. The molecule has 1 saturated carbocycles. The fourth-order valence-electron chi connectivity index (χ4n) is 3.99. The normalized spacial score (nSPS) is 40.6. The van der Waals surface area contributed by atoms with Crippen molar-refractivity contribution in [2.45, 2.75) is 38.0 Å². The summed E-state index contributed by atoms with van der Waals surface area (Å²) in [6.07, 6.45) is 2.70. The van der Waals surface area contributed by atoms with Crippen molar-refractivity contribution in [2.75, 3.05) is 13.1 Å². The van der Waals surface area contributed by atoms with Crippen LogP contribution in [0.5, 0.6) is 0 Å². The number of aliphatic carboxylic acids is 1. The van der Waals surface area contributed by atoms with Crippen LogP contribution in [0.1, 0.15) is 26.2 Å². The number of hydrogen-bond donors (Lipinski definition) is 4. The highest BCUT2D eigenvalue weighted by atomic mass is 16.4. The molecule has 1 aliphatic heterocycles. The molecule has 7 heteroatoms. The standard InChI is InChI=1S/C12H22BN2O3.H2O/c1-11-6-12(14,10(16)17)8(3-2-4-13-18)9(11)5-15-7-11;/h8-9,15,18H,2-7,14H2,1H3,(H,16,17);1H2/t8?,9-,11-,12?;/m0./s1. The third kappa shape index (κ3) is 2.65. The van der Waals surface area contributed by atoms with Crippen LogP contribution in [0, 0.1) is 17.3 Å². The Hall–Kier alpha value is -0.625. The summed E-state index contributed by atoms with van der Waals surface area (Å²) in [6, 6.07) is 0. The van der Waals surface area contributed by atoms with E-state index >= 15 is 0 Å². The lowest BCUT2D eigenvalue weighted by molar-refractivity contribution is -0.145. The molecule has 2 rings (SSSR count). The zero-order valence-electron chi connectivity index (χ0n) is 11.4. The van der Waals surface area contributed by atoms with Crippen LogP contribution in [0.15, 0.2) is 0 Å². The van der Waals surface area contributed by atoms with E-state index in [9.17, 15) is 9.90 Å². The van der Waals surface area contributed by atoms with Crippen LogP contribution in [0.4, 0.5) is 0 Å². The third-order valence-corrected chi connectivity index (χ3v) is 4.88. The lowest BCUT2D eigenvalue weighted by Gasteiger charge is -2.30. The zero-order valence-corrected chi connectivity index (χ0v) is 11.4. The van der Waals surface area contributed by atoms with Crippen molar-refractivity contribution in [1.82, 2.24) is 5.32 Å². The predicted molar refractivity (Wildman–Crippen MR) is 72.8 cm³/mol. The average Bonchev–Trinajstić information content (AvgIpc) is 2.74. The molecule has 109 valence electrons. The molecule has 2 unspecified atom stereocenters. The smallest absolute Gasteiger partial charge is 0.323 e. The summed E-state index contributed by atoms with van der Waals surface area (Å²) in [5, 5.41) is 21.6. The summed E-state index contributed by atoms with van der Waals surface area (Å²) in [5.41, 5.74) is 5.10. The van der Waals surface area contributed by atoms with Gasteiger partial charge in [0.05, 0.1) is 0 Å². The van der Waals surface area contributed by atoms with Crippen molar-refractivity contribution >= 4 is 13.5 Å². The van der Waals surface area contributed by atoms with Crippen molar-refractivity contribution in [3.8, 4) is 0 Å². The van der Waals surface area contributed by atoms with E-state index in [4.69, 9.17) is 10.8 Å². The molecule has 0 aromatic rings. The predicted octanol–water partition coefficient (Wildman–Crippen LogP) is -1.00. The first-order chi connectivity index (χ1) is 8.44. The van der Waals surface area contributed by atoms with Crippen molar-refractivity contribution in [3.63, 3.8) is 0 Å². The van der Waals surface area contributed by atoms with Gasteiger partial charge in [-0.25, -0.2) is 0 Å². The summed E-state index contributed by atoms with van der Waals surface area (Å²) >= 11 is 0. The van der Waals surface area contributed by atoms with Crippen LogP contribution < -0.4 is 11.1 Å². The fourth-order valence-corrected chi connectivity index (χ4v) is 3.99. The van der Waals surface area contributed by atoms with Gasteiger partial charge >= 0.3 is 5.97 Å². The maximum absolute atomic E-state index is 11.5. The average molecular weight is 271 g/mol. The molecule has 1 heterocycles. The number of nitrogens with one attached hydrogen (secondary N) is 1. The second-order valence-electron chi connectivity index (χ2n) is 6.13. The number of carboxylic acids is 1. The van der Waals surface area contributed by atoms with Crippen LogP contribution in [-0.4, -0.2) is 47.7 Å². The van der Waals surface area contributed by atoms with Gasteiger partial charge in [0.15, 0.2) is 0 Å². The summed E-state index contributed by atoms with van der Waals surface area (Å²) in [7, 11) is 1.14. The summed E-state index contributed by atoms with van der Waals surface area (Å²) in [6.45, 7) is 3.85. The van der Waals surface area contributed by atoms with Crippen LogP contribution in [-0.2, 0) is 4.79 Å². The van der Waals surface area contributed by atoms with Crippen LogP contribution in [0.2, 0.25) is 6.32 Å². The number of carboxylic acid groups (broad SMARTS) is 1. The van der Waals surface area contributed by atoms with Crippen molar-refractivity contribution in [1.29, 1.82) is 0 Å². The molecule has 6 nitrogen and oxygen atoms in total. The molecule has 1 radical (unpaired) electrons. The molecule has 7 N–H and O–H groups in total. The lowest BCUT2D eigenvalue weighted by atomic mass is 9.76. The van der Waals surface area contributed by atoms with E-state index in [2.05, 4.69) is 12.2 Å². The van der Waals surface area contributed by atoms with Gasteiger partial charge in [0, 0.05) is 6.54 Å². The minimum absolute atomic E-state index is 0. The minimum Gasteiger partial charge on any atom is -0.480 e. The minimum atomic E-state index is -1.10. The molecule has 4 atom stereocenters. The largest absolute Gasteiger partial charge is 0.480 e. The zero-order chi connectivity index (χ0) is 13.4. The molecule has 0 spiro atoms. The molecule has 0 aromatic heterocycles. The Kier molecular flexibility index (Phi) is 5.00. The first-order valence-corrected chi connectivity index (χ1v) is 6.63. The monoisotopic (exact) mass is 271 g/mol. The van der Waals surface area contributed by atoms with Crippen molar-refractivity contribution < 1.29 is 20.4 Å². The Morgan fingerprint density at radius 2 is 2.26 bits per heavy atom. The Bertz CT molecular complexity index is 344. The van der Waals surface area contributed by atoms with Gasteiger partial charge < -0.3 is 26.7 Å². The summed E-state index contributed by atoms with van der Waals surface area (Å²) in [4.78, 5) is 11.5. The summed E-state index contributed by atoms with van der Waals surface area (Å²) < 4.78 is 0. The van der Waals surface area contributed by atoms with E-state index in [1.165, 1.54) is 0 Å². The third-order valence-electron chi connectivity index (χ3n) is 4.88. The van der Waals surface area contributed by atoms with Crippen molar-refractivity contribution in [2.24, 2.45) is 23.0 Å². The van der Waals surface area contributed by atoms with Gasteiger partial charge in [0.2, 0.25) is 0 Å². The van der Waals surface area contributed by atoms with E-state index in [1.807, 2.05) is 0 Å². The fraction of sp³-hybridized carbons (Fsp3) is 0.917. The van der Waals surface area contributed by atoms with Gasteiger partial charge in [-0.15, -0.1) is 0 Å². The molecular weight excluding hydrogens is 247 g/mol. The van der Waals surface area contributed by atoms with Gasteiger partial charge in [0.1, 0.15) is 5.54 Å². The molecule has 2 fully saturated rings. The van der Waals surface area contributed by atoms with Crippen LogP contribution in [0.25, 0.3) is 0 Å². The molecule has 0 amide bonds. The first kappa shape index (κ1) is 16.4.